The van der Waals surface area contributed by atoms with Crippen molar-refractivity contribution in [1.82, 2.24) is 19.7 Å². The zero-order valence-electron chi connectivity index (χ0n) is 19.3. The van der Waals surface area contributed by atoms with Gasteiger partial charge in [-0.05, 0) is 67.4 Å². The molecule has 4 N–H and O–H groups in total. The number of nitrogens with zero attached hydrogens (tertiary/aromatic N) is 2. The fourth-order valence-corrected chi connectivity index (χ4v) is 5.47. The Bertz CT molecular complexity index is 1330. The molecule has 1 unspecified atom stereocenters. The number of hydrogen-bond donors (Lipinski definition) is 4. The summed E-state index contributed by atoms with van der Waals surface area (Å²) in [5, 5.41) is 19.4. The minimum absolute atomic E-state index is 0.0418. The maximum Gasteiger partial charge on any atom is 0.329 e. The van der Waals surface area contributed by atoms with Gasteiger partial charge in [-0.3, -0.25) is 10.1 Å². The molecule has 1 aromatic carbocycles. The molecule has 1 saturated carbocycles. The maximum atomic E-state index is 12.9. The molecule has 0 bridgehead atoms. The highest BCUT2D eigenvalue weighted by Gasteiger charge is 2.36. The average molecular weight is 489 g/mol. The van der Waals surface area contributed by atoms with Gasteiger partial charge in [-0.2, -0.15) is 5.10 Å². The van der Waals surface area contributed by atoms with Crippen LogP contribution in [0.2, 0.25) is 0 Å². The first-order valence-electron chi connectivity index (χ1n) is 12.1. The summed E-state index contributed by atoms with van der Waals surface area (Å²) in [7, 11) is 0. The first-order chi connectivity index (χ1) is 17.2. The van der Waals surface area contributed by atoms with Crippen molar-refractivity contribution in [2.45, 2.75) is 38.2 Å². The second kappa shape index (κ2) is 9.39. The number of anilines is 1. The highest BCUT2D eigenvalue weighted by Crippen LogP contribution is 2.39. The molecule has 2 aromatic heterocycles. The lowest BCUT2D eigenvalue weighted by Gasteiger charge is -2.27. The number of benzene rings is 1. The van der Waals surface area contributed by atoms with Crippen LogP contribution in [0.5, 0.6) is 0 Å². The number of pyridine rings is 1. The predicted octanol–water partition coefficient (Wildman–Crippen LogP) is 4.52. The summed E-state index contributed by atoms with van der Waals surface area (Å²) in [6.07, 6.45) is 11.0. The van der Waals surface area contributed by atoms with Crippen molar-refractivity contribution >= 4 is 34.2 Å². The molecule has 1 aliphatic heterocycles. The van der Waals surface area contributed by atoms with Crippen molar-refractivity contribution in [1.29, 1.82) is 5.41 Å². The third kappa shape index (κ3) is 4.66. The fraction of sp³-hybridized carbons (Fsp3) is 0.346. The van der Waals surface area contributed by atoms with Crippen LogP contribution in [0.1, 0.15) is 30.4 Å². The Kier molecular flexibility index (Phi) is 5.95. The van der Waals surface area contributed by atoms with E-state index in [0.29, 0.717) is 12.5 Å². The molecule has 2 amide bonds. The molecule has 6 rings (SSSR count). The summed E-state index contributed by atoms with van der Waals surface area (Å²) < 4.78 is 10.5. The molecule has 3 aliphatic rings. The summed E-state index contributed by atoms with van der Waals surface area (Å²) in [6, 6.07) is 9.95. The number of aromatic nitrogens is 2. The number of amides is 2. The molecule has 3 aromatic rings. The molecule has 2 fully saturated rings. The van der Waals surface area contributed by atoms with Gasteiger partial charge in [0, 0.05) is 47.7 Å². The van der Waals surface area contributed by atoms with Gasteiger partial charge in [-0.1, -0.05) is 18.2 Å². The van der Waals surface area contributed by atoms with E-state index in [1.165, 1.54) is 24.0 Å². The maximum absolute atomic E-state index is 12.9. The lowest BCUT2D eigenvalue weighted by molar-refractivity contribution is 0.0401. The van der Waals surface area contributed by atoms with E-state index in [1.54, 1.807) is 12.3 Å². The molecular formula is C26H28N6O2S. The summed E-state index contributed by atoms with van der Waals surface area (Å²) >= 11 is 1.00. The van der Waals surface area contributed by atoms with Gasteiger partial charge in [-0.15, -0.1) is 0 Å². The van der Waals surface area contributed by atoms with Gasteiger partial charge >= 0.3 is 6.03 Å². The third-order valence-electron chi connectivity index (χ3n) is 6.85. The van der Waals surface area contributed by atoms with Crippen molar-refractivity contribution in [3.05, 3.63) is 65.6 Å². The van der Waals surface area contributed by atoms with E-state index < -0.39 is 0 Å². The second-order valence-electron chi connectivity index (χ2n) is 9.28. The van der Waals surface area contributed by atoms with Gasteiger partial charge in [-0.25, -0.2) is 9.31 Å². The van der Waals surface area contributed by atoms with E-state index >= 15 is 0 Å². The minimum Gasteiger partial charge on any atom is -0.384 e. The topological polar surface area (TPSA) is 104 Å². The van der Waals surface area contributed by atoms with E-state index in [1.807, 2.05) is 22.8 Å². The number of urea groups is 1. The minimum atomic E-state index is -0.341. The first-order valence-corrected chi connectivity index (χ1v) is 13.0. The van der Waals surface area contributed by atoms with Crippen LogP contribution in [0, 0.1) is 11.3 Å². The van der Waals surface area contributed by atoms with Crippen molar-refractivity contribution in [2.75, 3.05) is 18.5 Å². The Morgan fingerprint density at radius 1 is 1.23 bits per heavy atom. The van der Waals surface area contributed by atoms with E-state index in [2.05, 4.69) is 38.7 Å². The van der Waals surface area contributed by atoms with Gasteiger partial charge in [0.15, 0.2) is 0 Å². The molecule has 1 atom stereocenters. The summed E-state index contributed by atoms with van der Waals surface area (Å²) in [5.74, 6) is 0.544. The highest BCUT2D eigenvalue weighted by molar-refractivity contribution is 8.13. The van der Waals surface area contributed by atoms with E-state index in [0.717, 1.165) is 65.8 Å². The van der Waals surface area contributed by atoms with Crippen molar-refractivity contribution in [2.24, 2.45) is 5.92 Å². The fourth-order valence-electron chi connectivity index (χ4n) is 5.03. The predicted molar refractivity (Wildman–Crippen MR) is 139 cm³/mol. The number of carbonyl (C=O) groups excluding carboxylic acids is 1. The normalized spacial score (nSPS) is 20.5. The highest BCUT2D eigenvalue weighted by atomic mass is 32.2. The lowest BCUT2D eigenvalue weighted by Crippen LogP contribution is -2.38. The molecule has 0 radical (unpaired) electrons. The van der Waals surface area contributed by atoms with Gasteiger partial charge < -0.3 is 15.4 Å². The van der Waals surface area contributed by atoms with Crippen LogP contribution in [-0.4, -0.2) is 39.9 Å². The molecule has 1 saturated heterocycles. The van der Waals surface area contributed by atoms with E-state index in [-0.39, 0.29) is 17.2 Å². The zero-order valence-corrected chi connectivity index (χ0v) is 20.2. The summed E-state index contributed by atoms with van der Waals surface area (Å²) in [5.41, 5.74) is 7.23. The SMILES string of the molecule is N=C(/C=C1\NCCOC1C1CC1)SNC(=O)Nc1c(-c2ccc3ccnn3c2)ccc2c1CCC2. The standard InChI is InChI=1S/C26H28N6O2S/c27-23(14-22-25(17-4-5-17)34-13-12-28-22)35-31-26(33)30-24-20-3-1-2-16(20)7-9-21(24)18-6-8-19-10-11-29-32(19)15-18/h6-11,14-15,17,25,27-28H,1-5,12-13H2,(H2,30,31,33)/b22-14-,27-23?. The van der Waals surface area contributed by atoms with Crippen LogP contribution in [0.3, 0.4) is 0 Å². The average Bonchev–Trinajstić information content (AvgIpc) is 3.40. The molecule has 9 heteroatoms. The lowest BCUT2D eigenvalue weighted by atomic mass is 9.98. The quantitative estimate of drug-likeness (QED) is 0.246. The van der Waals surface area contributed by atoms with Gasteiger partial charge in [0.2, 0.25) is 0 Å². The molecule has 35 heavy (non-hydrogen) atoms. The molecule has 2 aliphatic carbocycles. The Morgan fingerprint density at radius 2 is 2.14 bits per heavy atom. The Hall–Kier alpha value is -3.30. The number of nitrogens with one attached hydrogen (secondary N) is 4. The second-order valence-corrected chi connectivity index (χ2v) is 10.1. The van der Waals surface area contributed by atoms with Gasteiger partial charge in [0.1, 0.15) is 5.04 Å². The van der Waals surface area contributed by atoms with Gasteiger partial charge in [0.25, 0.3) is 0 Å². The van der Waals surface area contributed by atoms with Crippen molar-refractivity contribution in [3.8, 4) is 11.1 Å². The van der Waals surface area contributed by atoms with Crippen LogP contribution in [0.4, 0.5) is 10.5 Å². The summed E-state index contributed by atoms with van der Waals surface area (Å²) in [6.45, 7) is 1.43. The first kappa shape index (κ1) is 22.2. The number of rotatable bonds is 4. The molecule has 180 valence electrons. The number of aryl methyl sites for hydroxylation is 1. The van der Waals surface area contributed by atoms with E-state index in [4.69, 9.17) is 10.1 Å². The van der Waals surface area contributed by atoms with Crippen LogP contribution >= 0.6 is 11.9 Å². The Morgan fingerprint density at radius 3 is 3.03 bits per heavy atom. The monoisotopic (exact) mass is 488 g/mol. The largest absolute Gasteiger partial charge is 0.384 e. The zero-order chi connectivity index (χ0) is 23.8. The van der Waals surface area contributed by atoms with Crippen LogP contribution < -0.4 is 15.4 Å². The van der Waals surface area contributed by atoms with Gasteiger partial charge in [0.05, 0.1) is 23.9 Å². The molecule has 8 nitrogen and oxygen atoms in total. The number of morpholine rings is 1. The molecular weight excluding hydrogens is 460 g/mol. The Labute approximate surface area is 208 Å². The number of carbonyl (C=O) groups is 1. The number of fused-ring (bicyclic) bond motifs is 2. The molecule has 3 heterocycles. The van der Waals surface area contributed by atoms with Crippen LogP contribution in [0.25, 0.3) is 16.6 Å². The summed E-state index contributed by atoms with van der Waals surface area (Å²) in [4.78, 5) is 12.9. The van der Waals surface area contributed by atoms with E-state index in [9.17, 15) is 4.79 Å². The van der Waals surface area contributed by atoms with Crippen molar-refractivity contribution in [3.63, 3.8) is 0 Å². The Balaban J connectivity index is 1.18. The number of ether oxygens (including phenoxy) is 1. The van der Waals surface area contributed by atoms with Crippen molar-refractivity contribution < 1.29 is 9.53 Å². The van der Waals surface area contributed by atoms with Crippen LogP contribution in [0.15, 0.2) is 54.5 Å². The smallest absolute Gasteiger partial charge is 0.329 e. The third-order valence-corrected chi connectivity index (χ3v) is 7.48. The molecule has 0 spiro atoms. The number of hydrogen-bond acceptors (Lipinski definition) is 6. The van der Waals surface area contributed by atoms with Crippen LogP contribution in [-0.2, 0) is 17.6 Å².